The predicted molar refractivity (Wildman–Crippen MR) is 60.7 cm³/mol. The monoisotopic (exact) mass is 184 g/mol. The third-order valence-corrected chi connectivity index (χ3v) is 2.16. The Morgan fingerprint density at radius 1 is 0.786 bits per heavy atom. The van der Waals surface area contributed by atoms with Crippen LogP contribution in [0.5, 0.6) is 0 Å². The van der Waals surface area contributed by atoms with Gasteiger partial charge < -0.3 is 11.5 Å². The van der Waals surface area contributed by atoms with Crippen molar-refractivity contribution in [3.05, 3.63) is 48.5 Å². The van der Waals surface area contributed by atoms with Crippen molar-refractivity contribution in [1.29, 1.82) is 0 Å². The molecule has 0 aliphatic heterocycles. The largest absolute Gasteiger partial charge is 0.399 e. The summed E-state index contributed by atoms with van der Waals surface area (Å²) in [6.45, 7) is 0. The van der Waals surface area contributed by atoms with Crippen LogP contribution in [0.25, 0.3) is 11.1 Å². The van der Waals surface area contributed by atoms with E-state index in [9.17, 15) is 0 Å². The summed E-state index contributed by atoms with van der Waals surface area (Å²) in [5.74, 6) is 0. The first-order valence-corrected chi connectivity index (χ1v) is 4.48. The van der Waals surface area contributed by atoms with Gasteiger partial charge >= 0.3 is 0 Å². The number of hydrogen-bond donors (Lipinski definition) is 2. The van der Waals surface area contributed by atoms with Crippen LogP contribution in [0, 0.1) is 0 Å². The molecule has 0 saturated heterocycles. The van der Waals surface area contributed by atoms with E-state index in [-0.39, 0.29) is 0 Å². The Morgan fingerprint density at radius 3 is 2.29 bits per heavy atom. The molecule has 0 spiro atoms. The molecule has 0 amide bonds. The molecule has 2 heteroatoms. The first-order valence-electron chi connectivity index (χ1n) is 4.48. The number of anilines is 2. The maximum absolute atomic E-state index is 5.86. The van der Waals surface area contributed by atoms with Crippen molar-refractivity contribution in [2.45, 2.75) is 0 Å². The summed E-state index contributed by atoms with van der Waals surface area (Å²) in [6.07, 6.45) is 0. The van der Waals surface area contributed by atoms with Gasteiger partial charge in [0.15, 0.2) is 0 Å². The minimum atomic E-state index is 0.755. The van der Waals surface area contributed by atoms with Gasteiger partial charge in [-0.2, -0.15) is 0 Å². The number of nitrogen functional groups attached to an aromatic ring is 2. The van der Waals surface area contributed by atoms with Crippen LogP contribution in [0.1, 0.15) is 0 Å². The molecule has 0 aliphatic rings. The first-order chi connectivity index (χ1) is 6.77. The van der Waals surface area contributed by atoms with Crippen molar-refractivity contribution in [3.63, 3.8) is 0 Å². The molecule has 2 aromatic rings. The maximum Gasteiger partial charge on any atom is 0.0393 e. The van der Waals surface area contributed by atoms with Gasteiger partial charge in [-0.1, -0.05) is 30.3 Å². The summed E-state index contributed by atoms with van der Waals surface area (Å²) >= 11 is 0. The van der Waals surface area contributed by atoms with Crippen LogP contribution >= 0.6 is 0 Å². The quantitative estimate of drug-likeness (QED) is 0.669. The van der Waals surface area contributed by atoms with Gasteiger partial charge in [-0.05, 0) is 23.8 Å². The van der Waals surface area contributed by atoms with Crippen LogP contribution in [0.15, 0.2) is 48.5 Å². The Bertz CT molecular complexity index is 450. The van der Waals surface area contributed by atoms with Crippen molar-refractivity contribution in [2.75, 3.05) is 11.5 Å². The van der Waals surface area contributed by atoms with Crippen molar-refractivity contribution >= 4 is 11.4 Å². The number of benzene rings is 2. The van der Waals surface area contributed by atoms with E-state index in [1.165, 1.54) is 0 Å². The lowest BCUT2D eigenvalue weighted by Gasteiger charge is -2.05. The second-order valence-electron chi connectivity index (χ2n) is 3.21. The summed E-state index contributed by atoms with van der Waals surface area (Å²) in [4.78, 5) is 0. The summed E-state index contributed by atoms with van der Waals surface area (Å²) in [7, 11) is 0. The summed E-state index contributed by atoms with van der Waals surface area (Å²) in [5.41, 5.74) is 15.2. The highest BCUT2D eigenvalue weighted by Gasteiger charge is 2.00. The van der Waals surface area contributed by atoms with Crippen molar-refractivity contribution in [3.8, 4) is 11.1 Å². The molecule has 0 radical (unpaired) electrons. The summed E-state index contributed by atoms with van der Waals surface area (Å²) in [6, 6.07) is 15.5. The maximum atomic E-state index is 5.86. The Morgan fingerprint density at radius 2 is 1.57 bits per heavy atom. The number of para-hydroxylation sites is 1. The lowest BCUT2D eigenvalue weighted by molar-refractivity contribution is 1.60. The highest BCUT2D eigenvalue weighted by atomic mass is 14.6. The van der Waals surface area contributed by atoms with Crippen LogP contribution in [-0.2, 0) is 0 Å². The predicted octanol–water partition coefficient (Wildman–Crippen LogP) is 2.52. The van der Waals surface area contributed by atoms with Crippen LogP contribution in [0.3, 0.4) is 0 Å². The molecule has 0 aromatic heterocycles. The zero-order valence-electron chi connectivity index (χ0n) is 7.77. The molecule has 70 valence electrons. The third kappa shape index (κ3) is 1.55. The molecular formula is C12H12N2. The SMILES string of the molecule is Nc1cccc(-c2ccccc2N)c1. The molecule has 0 unspecified atom stereocenters. The normalized spacial score (nSPS) is 10.0. The Kier molecular flexibility index (Phi) is 2.11. The fourth-order valence-corrected chi connectivity index (χ4v) is 1.47. The lowest BCUT2D eigenvalue weighted by atomic mass is 10.0. The molecule has 0 bridgehead atoms. The standard InChI is InChI=1S/C12H12N2/c13-10-5-3-4-9(8-10)11-6-1-2-7-12(11)14/h1-8H,13-14H2. The molecule has 0 heterocycles. The van der Waals surface area contributed by atoms with Gasteiger partial charge in [0.05, 0.1) is 0 Å². The fourth-order valence-electron chi connectivity index (χ4n) is 1.47. The molecule has 0 atom stereocenters. The van der Waals surface area contributed by atoms with Crippen molar-refractivity contribution in [1.82, 2.24) is 0 Å². The van der Waals surface area contributed by atoms with Crippen molar-refractivity contribution < 1.29 is 0 Å². The van der Waals surface area contributed by atoms with Gasteiger partial charge in [0.2, 0.25) is 0 Å². The van der Waals surface area contributed by atoms with Gasteiger partial charge in [0.1, 0.15) is 0 Å². The van der Waals surface area contributed by atoms with E-state index in [4.69, 9.17) is 11.5 Å². The molecule has 2 rings (SSSR count). The second-order valence-corrected chi connectivity index (χ2v) is 3.21. The van der Waals surface area contributed by atoms with E-state index in [0.29, 0.717) is 0 Å². The van der Waals surface area contributed by atoms with Crippen LogP contribution in [0.2, 0.25) is 0 Å². The van der Waals surface area contributed by atoms with E-state index in [2.05, 4.69) is 0 Å². The highest BCUT2D eigenvalue weighted by Crippen LogP contribution is 2.26. The van der Waals surface area contributed by atoms with Gasteiger partial charge in [-0.15, -0.1) is 0 Å². The molecule has 14 heavy (non-hydrogen) atoms. The minimum Gasteiger partial charge on any atom is -0.399 e. The molecule has 0 aliphatic carbocycles. The first kappa shape index (κ1) is 8.63. The highest BCUT2D eigenvalue weighted by molar-refractivity contribution is 5.77. The Balaban J connectivity index is 2.55. The zero-order valence-corrected chi connectivity index (χ0v) is 7.77. The lowest BCUT2D eigenvalue weighted by Crippen LogP contribution is -1.90. The zero-order chi connectivity index (χ0) is 9.97. The number of nitrogens with two attached hydrogens (primary N) is 2. The van der Waals surface area contributed by atoms with Crippen LogP contribution in [-0.4, -0.2) is 0 Å². The number of hydrogen-bond acceptors (Lipinski definition) is 2. The molecule has 0 saturated carbocycles. The van der Waals surface area contributed by atoms with E-state index < -0.39 is 0 Å². The summed E-state index contributed by atoms with van der Waals surface area (Å²) < 4.78 is 0. The Labute approximate surface area is 83.2 Å². The molecule has 4 N–H and O–H groups in total. The summed E-state index contributed by atoms with van der Waals surface area (Å²) in [5, 5.41) is 0. The van der Waals surface area contributed by atoms with Gasteiger partial charge in [-0.25, -0.2) is 0 Å². The van der Waals surface area contributed by atoms with Crippen LogP contribution in [0.4, 0.5) is 11.4 Å². The van der Waals surface area contributed by atoms with E-state index >= 15 is 0 Å². The molecular weight excluding hydrogens is 172 g/mol. The molecule has 0 fully saturated rings. The minimum absolute atomic E-state index is 0.755. The van der Waals surface area contributed by atoms with Gasteiger partial charge in [0.25, 0.3) is 0 Å². The number of rotatable bonds is 1. The Hall–Kier alpha value is -1.96. The van der Waals surface area contributed by atoms with E-state index in [0.717, 1.165) is 22.5 Å². The van der Waals surface area contributed by atoms with Crippen molar-refractivity contribution in [2.24, 2.45) is 0 Å². The fraction of sp³-hybridized carbons (Fsp3) is 0. The molecule has 2 nitrogen and oxygen atoms in total. The average Bonchev–Trinajstić information content (AvgIpc) is 2.18. The van der Waals surface area contributed by atoms with Gasteiger partial charge in [0, 0.05) is 16.9 Å². The average molecular weight is 184 g/mol. The second kappa shape index (κ2) is 3.42. The van der Waals surface area contributed by atoms with Crippen LogP contribution < -0.4 is 11.5 Å². The van der Waals surface area contributed by atoms with E-state index in [1.54, 1.807) is 0 Å². The smallest absolute Gasteiger partial charge is 0.0393 e. The third-order valence-electron chi connectivity index (χ3n) is 2.16. The van der Waals surface area contributed by atoms with E-state index in [1.807, 2.05) is 48.5 Å². The molecule has 2 aromatic carbocycles. The van der Waals surface area contributed by atoms with Gasteiger partial charge in [-0.3, -0.25) is 0 Å². The topological polar surface area (TPSA) is 52.0 Å².